The Hall–Kier alpha value is -1.56. The molecule has 4 nitrogen and oxygen atoms in total. The molecule has 0 bridgehead atoms. The molecule has 0 aliphatic heterocycles. The molecule has 0 fully saturated rings. The van der Waals surface area contributed by atoms with Gasteiger partial charge in [0.05, 0.1) is 6.42 Å². The quantitative estimate of drug-likeness (QED) is 0.805. The van der Waals surface area contributed by atoms with Crippen molar-refractivity contribution in [3.8, 4) is 0 Å². The van der Waals surface area contributed by atoms with Gasteiger partial charge in [0.2, 0.25) is 0 Å². The molecule has 22 heavy (non-hydrogen) atoms. The van der Waals surface area contributed by atoms with Crippen LogP contribution in [0.25, 0.3) is 0 Å². The number of carbonyl (C=O) groups is 2. The summed E-state index contributed by atoms with van der Waals surface area (Å²) < 4.78 is 4.92. The first-order valence-corrected chi connectivity index (χ1v) is 8.07. The van der Waals surface area contributed by atoms with Gasteiger partial charge in [-0.15, -0.1) is 11.3 Å². The average molecular weight is 358 g/mol. The summed E-state index contributed by atoms with van der Waals surface area (Å²) in [7, 11) is 0. The first-order valence-electron chi connectivity index (χ1n) is 6.43. The lowest BCUT2D eigenvalue weighted by Gasteiger charge is -2.08. The van der Waals surface area contributed by atoms with E-state index in [1.165, 1.54) is 11.3 Å². The smallest absolute Gasteiger partial charge is 0.311 e. The normalized spacial score (nSPS) is 10.3. The summed E-state index contributed by atoms with van der Waals surface area (Å²) in [4.78, 5) is 24.1. The van der Waals surface area contributed by atoms with E-state index in [4.69, 9.17) is 27.9 Å². The maximum atomic E-state index is 11.6. The van der Waals surface area contributed by atoms with E-state index in [-0.39, 0.29) is 25.5 Å². The van der Waals surface area contributed by atoms with E-state index >= 15 is 0 Å². The van der Waals surface area contributed by atoms with Crippen LogP contribution in [-0.2, 0) is 27.3 Å². The maximum absolute atomic E-state index is 11.6. The first kappa shape index (κ1) is 16.8. The number of halogens is 2. The SMILES string of the molecule is O=C(COC(=O)Cc1cccs1)NCc1ccc(Cl)cc1Cl. The molecule has 7 heteroatoms. The van der Waals surface area contributed by atoms with Crippen molar-refractivity contribution in [1.82, 2.24) is 5.32 Å². The van der Waals surface area contributed by atoms with E-state index in [2.05, 4.69) is 5.32 Å². The second-order valence-electron chi connectivity index (χ2n) is 4.43. The molecule has 116 valence electrons. The Morgan fingerprint density at radius 3 is 2.73 bits per heavy atom. The summed E-state index contributed by atoms with van der Waals surface area (Å²) in [5.41, 5.74) is 0.740. The lowest BCUT2D eigenvalue weighted by atomic mass is 10.2. The lowest BCUT2D eigenvalue weighted by molar-refractivity contribution is -0.147. The van der Waals surface area contributed by atoms with Gasteiger partial charge in [-0.2, -0.15) is 0 Å². The molecule has 1 aromatic heterocycles. The zero-order chi connectivity index (χ0) is 15.9. The second-order valence-corrected chi connectivity index (χ2v) is 6.31. The zero-order valence-electron chi connectivity index (χ0n) is 11.5. The van der Waals surface area contributed by atoms with Crippen LogP contribution in [0.4, 0.5) is 0 Å². The number of amides is 1. The molecule has 1 aromatic carbocycles. The minimum absolute atomic E-state index is 0.175. The number of rotatable bonds is 6. The van der Waals surface area contributed by atoms with Crippen LogP contribution in [0.5, 0.6) is 0 Å². The molecule has 2 aromatic rings. The van der Waals surface area contributed by atoms with Crippen molar-refractivity contribution in [2.45, 2.75) is 13.0 Å². The highest BCUT2D eigenvalue weighted by molar-refractivity contribution is 7.10. The molecule has 1 amide bonds. The van der Waals surface area contributed by atoms with Crippen LogP contribution >= 0.6 is 34.5 Å². The van der Waals surface area contributed by atoms with Gasteiger partial charge in [0.15, 0.2) is 6.61 Å². The van der Waals surface area contributed by atoms with E-state index in [0.717, 1.165) is 10.4 Å². The highest BCUT2D eigenvalue weighted by Crippen LogP contribution is 2.20. The Bertz CT molecular complexity index is 659. The predicted molar refractivity (Wildman–Crippen MR) is 87.3 cm³/mol. The van der Waals surface area contributed by atoms with Crippen molar-refractivity contribution in [2.75, 3.05) is 6.61 Å². The van der Waals surface area contributed by atoms with Crippen LogP contribution in [0, 0.1) is 0 Å². The third-order valence-corrected chi connectivity index (χ3v) is 4.22. The number of ether oxygens (including phenoxy) is 1. The van der Waals surface area contributed by atoms with Gasteiger partial charge in [-0.05, 0) is 29.1 Å². The fourth-order valence-corrected chi connectivity index (χ4v) is 2.83. The minimum atomic E-state index is -0.429. The number of hydrogen-bond acceptors (Lipinski definition) is 4. The van der Waals surface area contributed by atoms with Gasteiger partial charge < -0.3 is 10.1 Å². The summed E-state index contributed by atoms with van der Waals surface area (Å²) in [6.45, 7) is -0.0628. The summed E-state index contributed by atoms with van der Waals surface area (Å²) in [5, 5.41) is 5.52. The van der Waals surface area contributed by atoms with Gasteiger partial charge in [0.25, 0.3) is 5.91 Å². The van der Waals surface area contributed by atoms with Crippen molar-refractivity contribution >= 4 is 46.4 Å². The van der Waals surface area contributed by atoms with Gasteiger partial charge in [-0.3, -0.25) is 9.59 Å². The number of hydrogen-bond donors (Lipinski definition) is 1. The van der Waals surface area contributed by atoms with Crippen LogP contribution in [0.15, 0.2) is 35.7 Å². The minimum Gasteiger partial charge on any atom is -0.455 e. The predicted octanol–water partition coefficient (Wildman–Crippen LogP) is 3.46. The number of carbonyl (C=O) groups excluding carboxylic acids is 2. The first-order chi connectivity index (χ1) is 10.5. The molecule has 0 aliphatic rings. The average Bonchev–Trinajstić information content (AvgIpc) is 2.97. The maximum Gasteiger partial charge on any atom is 0.311 e. The van der Waals surface area contributed by atoms with Crippen LogP contribution in [0.2, 0.25) is 10.0 Å². The molecule has 1 N–H and O–H groups in total. The fourth-order valence-electron chi connectivity index (χ4n) is 1.66. The van der Waals surface area contributed by atoms with Crippen LogP contribution in [-0.4, -0.2) is 18.5 Å². The van der Waals surface area contributed by atoms with Gasteiger partial charge in [0, 0.05) is 21.5 Å². The van der Waals surface area contributed by atoms with E-state index in [9.17, 15) is 9.59 Å². The molecule has 2 rings (SSSR count). The third-order valence-electron chi connectivity index (χ3n) is 2.75. The van der Waals surface area contributed by atoms with Crippen molar-refractivity contribution in [3.05, 3.63) is 56.2 Å². The number of thiophene rings is 1. The molecule has 0 radical (unpaired) electrons. The largest absolute Gasteiger partial charge is 0.455 e. The van der Waals surface area contributed by atoms with Crippen LogP contribution in [0.3, 0.4) is 0 Å². The van der Waals surface area contributed by atoms with Crippen molar-refractivity contribution in [2.24, 2.45) is 0 Å². The Balaban J connectivity index is 1.72. The Morgan fingerprint density at radius 1 is 1.23 bits per heavy atom. The van der Waals surface area contributed by atoms with Gasteiger partial charge in [0.1, 0.15) is 0 Å². The van der Waals surface area contributed by atoms with E-state index in [1.807, 2.05) is 17.5 Å². The molecule has 0 unspecified atom stereocenters. The fraction of sp³-hybridized carbons (Fsp3) is 0.200. The lowest BCUT2D eigenvalue weighted by Crippen LogP contribution is -2.28. The van der Waals surface area contributed by atoms with Gasteiger partial charge in [-0.25, -0.2) is 0 Å². The Labute approximate surface area is 142 Å². The van der Waals surface area contributed by atoms with Crippen molar-refractivity contribution < 1.29 is 14.3 Å². The molecule has 0 saturated heterocycles. The number of benzene rings is 1. The van der Waals surface area contributed by atoms with Crippen molar-refractivity contribution in [3.63, 3.8) is 0 Å². The van der Waals surface area contributed by atoms with E-state index in [0.29, 0.717) is 10.0 Å². The standard InChI is InChI=1S/C15H13Cl2NO3S/c16-11-4-3-10(13(17)6-11)8-18-14(19)9-21-15(20)7-12-2-1-5-22-12/h1-6H,7-9H2,(H,18,19). The number of esters is 1. The molecule has 0 saturated carbocycles. The highest BCUT2D eigenvalue weighted by atomic mass is 35.5. The molecule has 0 spiro atoms. The van der Waals surface area contributed by atoms with Gasteiger partial charge >= 0.3 is 5.97 Å². The summed E-state index contributed by atoms with van der Waals surface area (Å²) in [5.74, 6) is -0.812. The molecule has 1 heterocycles. The molecular formula is C15H13Cl2NO3S. The van der Waals surface area contributed by atoms with Crippen molar-refractivity contribution in [1.29, 1.82) is 0 Å². The summed E-state index contributed by atoms with van der Waals surface area (Å²) in [6, 6.07) is 8.72. The summed E-state index contributed by atoms with van der Waals surface area (Å²) in [6.07, 6.45) is 0.175. The zero-order valence-corrected chi connectivity index (χ0v) is 13.8. The molecular weight excluding hydrogens is 345 g/mol. The van der Waals surface area contributed by atoms with Crippen LogP contribution < -0.4 is 5.32 Å². The van der Waals surface area contributed by atoms with Gasteiger partial charge in [-0.1, -0.05) is 35.3 Å². The molecule has 0 atom stereocenters. The Morgan fingerprint density at radius 2 is 2.05 bits per heavy atom. The molecule has 0 aliphatic carbocycles. The topological polar surface area (TPSA) is 55.4 Å². The third kappa shape index (κ3) is 5.33. The highest BCUT2D eigenvalue weighted by Gasteiger charge is 2.09. The monoisotopic (exact) mass is 357 g/mol. The second kappa shape index (κ2) is 8.17. The number of nitrogens with one attached hydrogen (secondary N) is 1. The van der Waals surface area contributed by atoms with E-state index < -0.39 is 5.97 Å². The van der Waals surface area contributed by atoms with Crippen LogP contribution in [0.1, 0.15) is 10.4 Å². The summed E-state index contributed by atoms with van der Waals surface area (Å²) >= 11 is 13.3. The van der Waals surface area contributed by atoms with E-state index in [1.54, 1.807) is 18.2 Å². The Kier molecular flexibility index (Phi) is 6.24.